The van der Waals surface area contributed by atoms with Crippen LogP contribution in [-0.4, -0.2) is 75.6 Å². The number of piperazine rings is 1. The first-order chi connectivity index (χ1) is 20.2. The van der Waals surface area contributed by atoms with Crippen molar-refractivity contribution in [2.75, 3.05) is 37.7 Å². The van der Waals surface area contributed by atoms with Gasteiger partial charge in [0.1, 0.15) is 5.75 Å². The van der Waals surface area contributed by atoms with Crippen molar-refractivity contribution in [2.45, 2.75) is 33.0 Å². The molecule has 6 rings (SSSR count). The normalized spacial score (nSPS) is 17.6. The fourth-order valence-electron chi connectivity index (χ4n) is 5.66. The van der Waals surface area contributed by atoms with Crippen LogP contribution in [0.25, 0.3) is 22.0 Å². The molecule has 12 heteroatoms. The molecule has 4 heterocycles. The minimum absolute atomic E-state index is 0.0299. The molecule has 0 N–H and O–H groups in total. The lowest BCUT2D eigenvalue weighted by Crippen LogP contribution is -2.57. The third-order valence-corrected chi connectivity index (χ3v) is 8.07. The number of carbonyl (C=O) groups is 1. The van der Waals surface area contributed by atoms with Gasteiger partial charge < -0.3 is 19.3 Å². The van der Waals surface area contributed by atoms with E-state index >= 15 is 0 Å². The lowest BCUT2D eigenvalue weighted by molar-refractivity contribution is -0.152. The van der Waals surface area contributed by atoms with E-state index in [2.05, 4.69) is 14.9 Å². The van der Waals surface area contributed by atoms with E-state index in [1.807, 2.05) is 30.9 Å². The molecule has 2 aromatic heterocycles. The van der Waals surface area contributed by atoms with E-state index in [1.165, 1.54) is 10.7 Å². The van der Waals surface area contributed by atoms with Gasteiger partial charge in [-0.3, -0.25) is 19.0 Å². The summed E-state index contributed by atoms with van der Waals surface area (Å²) in [6, 6.07) is 10.5. The topological polar surface area (TPSA) is 94.7 Å². The highest BCUT2D eigenvalue weighted by Gasteiger charge is 2.35. The third-order valence-electron chi connectivity index (χ3n) is 8.07. The Morgan fingerprint density at radius 2 is 1.86 bits per heavy atom. The highest BCUT2D eigenvalue weighted by Crippen LogP contribution is 2.28. The zero-order chi connectivity index (χ0) is 29.5. The van der Waals surface area contributed by atoms with Gasteiger partial charge in [-0.15, -0.1) is 0 Å². The van der Waals surface area contributed by atoms with Crippen LogP contribution in [0.4, 0.5) is 14.7 Å². The van der Waals surface area contributed by atoms with Gasteiger partial charge in [0.15, 0.2) is 0 Å². The van der Waals surface area contributed by atoms with E-state index in [4.69, 9.17) is 9.47 Å². The first kappa shape index (κ1) is 27.8. The molecule has 0 unspecified atom stereocenters. The molecule has 1 amide bonds. The average molecular weight is 579 g/mol. The summed E-state index contributed by atoms with van der Waals surface area (Å²) >= 11 is 0. The quantitative estimate of drug-likeness (QED) is 0.332. The number of amides is 1. The molecule has 220 valence electrons. The van der Waals surface area contributed by atoms with Crippen LogP contribution in [0.1, 0.15) is 18.1 Å². The number of halogens is 2. The molecule has 2 saturated heterocycles. The van der Waals surface area contributed by atoms with Crippen molar-refractivity contribution in [3.63, 3.8) is 0 Å². The average Bonchev–Trinajstić information content (AvgIpc) is 3.17. The number of anilines is 1. The van der Waals surface area contributed by atoms with Gasteiger partial charge in [-0.1, -0.05) is 23.8 Å². The van der Waals surface area contributed by atoms with Crippen LogP contribution in [0.15, 0.2) is 53.6 Å². The van der Waals surface area contributed by atoms with Gasteiger partial charge in [0.25, 0.3) is 5.56 Å². The molecule has 0 aliphatic carbocycles. The van der Waals surface area contributed by atoms with Crippen LogP contribution < -0.4 is 15.2 Å². The van der Waals surface area contributed by atoms with E-state index in [9.17, 15) is 18.4 Å². The Labute approximate surface area is 241 Å². The van der Waals surface area contributed by atoms with Gasteiger partial charge in [0.2, 0.25) is 11.9 Å². The first-order valence-corrected chi connectivity index (χ1v) is 13.9. The second-order valence-electron chi connectivity index (χ2n) is 10.9. The fourth-order valence-corrected chi connectivity index (χ4v) is 5.66. The maximum atomic E-state index is 13.1. The number of rotatable bonds is 7. The third kappa shape index (κ3) is 5.22. The first-order valence-electron chi connectivity index (χ1n) is 13.9. The summed E-state index contributed by atoms with van der Waals surface area (Å²) in [7, 11) is 1.65. The highest BCUT2D eigenvalue weighted by molar-refractivity contribution is 5.84. The molecule has 10 nitrogen and oxygen atoms in total. The maximum absolute atomic E-state index is 13.1. The number of hydrogen-bond acceptors (Lipinski definition) is 7. The van der Waals surface area contributed by atoms with Crippen molar-refractivity contribution in [3.8, 4) is 16.9 Å². The Kier molecular flexibility index (Phi) is 7.40. The SMILES string of the molecule is Cc1ccc(OC(F)F)c(Cn2c3cc(-c4cnc(N5CCN(C(=O)C6COC6)[C@H](C)C5)nc4)ccc3c(=O)n2C)c1. The van der Waals surface area contributed by atoms with Gasteiger partial charge in [-0.25, -0.2) is 9.97 Å². The summed E-state index contributed by atoms with van der Waals surface area (Å²) < 4.78 is 39.3. The summed E-state index contributed by atoms with van der Waals surface area (Å²) in [6.45, 7) is 4.00. The molecule has 2 fully saturated rings. The van der Waals surface area contributed by atoms with Crippen molar-refractivity contribution in [3.05, 3.63) is 70.3 Å². The number of benzene rings is 2. The van der Waals surface area contributed by atoms with Crippen LogP contribution in [0.3, 0.4) is 0 Å². The Morgan fingerprint density at radius 1 is 1.10 bits per heavy atom. The number of ether oxygens (including phenoxy) is 2. The number of hydrogen-bond donors (Lipinski definition) is 0. The lowest BCUT2D eigenvalue weighted by Gasteiger charge is -2.42. The number of aryl methyl sites for hydroxylation is 1. The highest BCUT2D eigenvalue weighted by atomic mass is 19.3. The zero-order valence-corrected chi connectivity index (χ0v) is 23.7. The van der Waals surface area contributed by atoms with Crippen LogP contribution in [0, 0.1) is 12.8 Å². The fraction of sp³-hybridized carbons (Fsp3) is 0.400. The van der Waals surface area contributed by atoms with Crippen LogP contribution in [0.2, 0.25) is 0 Å². The Balaban J connectivity index is 1.24. The van der Waals surface area contributed by atoms with Crippen LogP contribution in [-0.2, 0) is 23.1 Å². The molecule has 2 aliphatic rings. The monoisotopic (exact) mass is 578 g/mol. The van der Waals surface area contributed by atoms with Crippen molar-refractivity contribution in [1.29, 1.82) is 0 Å². The molecular weight excluding hydrogens is 546 g/mol. The molecule has 4 aromatic rings. The molecule has 2 aromatic carbocycles. The Hall–Kier alpha value is -4.32. The van der Waals surface area contributed by atoms with E-state index < -0.39 is 6.61 Å². The maximum Gasteiger partial charge on any atom is 0.387 e. The van der Waals surface area contributed by atoms with E-state index in [1.54, 1.807) is 42.3 Å². The summed E-state index contributed by atoms with van der Waals surface area (Å²) in [6.07, 6.45) is 3.50. The second kappa shape index (κ2) is 11.2. The minimum atomic E-state index is -2.96. The summed E-state index contributed by atoms with van der Waals surface area (Å²) in [5.41, 5.74) is 3.48. The summed E-state index contributed by atoms with van der Waals surface area (Å²) in [5.74, 6) is 0.785. The van der Waals surface area contributed by atoms with Crippen molar-refractivity contribution < 1.29 is 23.0 Å². The number of nitrogens with zero attached hydrogens (tertiary/aromatic N) is 6. The van der Waals surface area contributed by atoms with Gasteiger partial charge in [-0.2, -0.15) is 8.78 Å². The van der Waals surface area contributed by atoms with Gasteiger partial charge in [0.05, 0.1) is 36.6 Å². The minimum Gasteiger partial charge on any atom is -0.434 e. The van der Waals surface area contributed by atoms with E-state index in [-0.39, 0.29) is 35.7 Å². The Bertz CT molecular complexity index is 1680. The summed E-state index contributed by atoms with van der Waals surface area (Å²) in [5, 5.41) is 0.512. The van der Waals surface area contributed by atoms with Gasteiger partial charge in [0, 0.05) is 56.2 Å². The smallest absolute Gasteiger partial charge is 0.387 e. The number of fused-ring (bicyclic) bond motifs is 1. The van der Waals surface area contributed by atoms with Crippen molar-refractivity contribution in [1.82, 2.24) is 24.2 Å². The molecule has 2 aliphatic heterocycles. The predicted molar refractivity (Wildman–Crippen MR) is 153 cm³/mol. The number of aromatic nitrogens is 4. The molecule has 42 heavy (non-hydrogen) atoms. The van der Waals surface area contributed by atoms with Crippen molar-refractivity contribution >= 4 is 22.8 Å². The lowest BCUT2D eigenvalue weighted by atomic mass is 10.0. The molecule has 0 radical (unpaired) electrons. The number of alkyl halides is 2. The molecule has 1 atom stereocenters. The molecule has 0 saturated carbocycles. The van der Waals surface area contributed by atoms with E-state index in [0.29, 0.717) is 55.3 Å². The predicted octanol–water partition coefficient (Wildman–Crippen LogP) is 3.44. The molecule has 0 bridgehead atoms. The van der Waals surface area contributed by atoms with Crippen LogP contribution >= 0.6 is 0 Å². The van der Waals surface area contributed by atoms with Crippen molar-refractivity contribution in [2.24, 2.45) is 13.0 Å². The summed E-state index contributed by atoms with van der Waals surface area (Å²) in [4.78, 5) is 38.9. The number of carbonyl (C=O) groups excluding carboxylic acids is 1. The van der Waals surface area contributed by atoms with Gasteiger partial charge in [-0.05, 0) is 37.6 Å². The van der Waals surface area contributed by atoms with Crippen LogP contribution in [0.5, 0.6) is 5.75 Å². The molecule has 0 spiro atoms. The zero-order valence-electron chi connectivity index (χ0n) is 23.7. The standard InChI is InChI=1S/C30H32F2N6O4/c1-18-4-7-26(42-29(31)32)21(10-18)15-38-25-11-20(5-6-24(25)28(40)35(38)3)22-12-33-30(34-13-22)36-8-9-37(19(2)14-36)27(39)23-16-41-17-23/h4-7,10-13,19,23,29H,8-9,14-17H2,1-3H3/t19-/m1/s1. The molecular formula is C30H32F2N6O4. The van der Waals surface area contributed by atoms with E-state index in [0.717, 1.165) is 16.7 Å². The second-order valence-corrected chi connectivity index (χ2v) is 10.9. The largest absolute Gasteiger partial charge is 0.434 e. The Morgan fingerprint density at radius 3 is 2.52 bits per heavy atom. The van der Waals surface area contributed by atoms with Gasteiger partial charge >= 0.3 is 6.61 Å².